The number of hydrogen-bond donors (Lipinski definition) is 25. The van der Waals surface area contributed by atoms with Crippen molar-refractivity contribution in [2.24, 2.45) is 17.4 Å². The fraction of sp³-hybridized carbons (Fsp3) is 0.613. The molecule has 3 rings (SSSR count). The summed E-state index contributed by atoms with van der Waals surface area (Å²) in [4.78, 5) is 224. The molecule has 584 valence electrons. The van der Waals surface area contributed by atoms with Crippen molar-refractivity contribution < 1.29 is 117 Å². The molecule has 0 saturated carbocycles. The predicted octanol–water partition coefficient (Wildman–Crippen LogP) is -12.3. The zero-order chi connectivity index (χ0) is 78.8. The molecule has 2 aliphatic heterocycles. The lowest BCUT2D eigenvalue weighted by molar-refractivity contribution is -0.144. The third-order valence-corrected chi connectivity index (χ3v) is 16.5. The van der Waals surface area contributed by atoms with Crippen LogP contribution in [0.25, 0.3) is 0 Å². The predicted molar refractivity (Wildman–Crippen MR) is 361 cm³/mol. The largest absolute Gasteiger partial charge is 0.481 e. The van der Waals surface area contributed by atoms with E-state index >= 15 is 0 Å². The maximum absolute atomic E-state index is 14.1. The lowest BCUT2D eigenvalue weighted by Gasteiger charge is -2.30. The van der Waals surface area contributed by atoms with Gasteiger partial charge >= 0.3 is 11.9 Å². The minimum absolute atomic E-state index is 0.0280. The number of carbonyl (C=O) groups excluding carboxylic acids is 15. The fourth-order valence-corrected chi connectivity index (χ4v) is 10.5. The maximum Gasteiger partial charge on any atom is 0.326 e. The van der Waals surface area contributed by atoms with Gasteiger partial charge in [-0.25, -0.2) is 4.79 Å². The molecule has 0 aliphatic carbocycles. The van der Waals surface area contributed by atoms with Crippen LogP contribution in [0.5, 0.6) is 0 Å². The summed E-state index contributed by atoms with van der Waals surface area (Å²) >= 11 is 0. The SMILES string of the molecule is CC[C@H](C)[C@H](NC(=O)[C@H](CCCNC(=N)N)NC(=O)[C@@H]1CCCN1)C(=O)N[C@H](C(=O)N[C@@H](Cc1ccccc1)C(=O)NCC(=O)NCC(=O)N1CCC[C@H]1C(=O)N[C@@H](CO)C(=O)N[C@@H](CC(=O)O)C(=O)N[C@@H](CO)C(=O)N[C@H](C(=O)NCC(=O)N[C@@H](CO)C(=O)N[C@@H](CC(N)=O)C(=O)O)[C@@H](C)O)[C@@H](C)O. The van der Waals surface area contributed by atoms with Crippen molar-refractivity contribution in [1.82, 2.24) is 84.7 Å². The van der Waals surface area contributed by atoms with Crippen LogP contribution in [0, 0.1) is 11.3 Å². The number of nitrogens with one attached hydrogen (secondary N) is 16. The summed E-state index contributed by atoms with van der Waals surface area (Å²) in [7, 11) is 0. The van der Waals surface area contributed by atoms with E-state index in [9.17, 15) is 117 Å². The molecule has 15 amide bonds. The fourth-order valence-electron chi connectivity index (χ4n) is 10.5. The second kappa shape index (κ2) is 44.7. The van der Waals surface area contributed by atoms with Crippen LogP contribution >= 0.6 is 0 Å². The zero-order valence-corrected chi connectivity index (χ0v) is 58.2. The second-order valence-electron chi connectivity index (χ2n) is 24.7. The number of rotatable bonds is 45. The van der Waals surface area contributed by atoms with Gasteiger partial charge in [0.05, 0.1) is 70.5 Å². The third-order valence-electron chi connectivity index (χ3n) is 16.5. The molecule has 43 heteroatoms. The van der Waals surface area contributed by atoms with Crippen LogP contribution in [0.15, 0.2) is 30.3 Å². The van der Waals surface area contributed by atoms with Gasteiger partial charge in [-0.05, 0) is 70.4 Å². The van der Waals surface area contributed by atoms with Gasteiger partial charge in [-0.15, -0.1) is 0 Å². The van der Waals surface area contributed by atoms with Crippen molar-refractivity contribution >= 4 is 107 Å². The lowest BCUT2D eigenvalue weighted by Crippen LogP contribution is -2.62. The minimum Gasteiger partial charge on any atom is -0.481 e. The Morgan fingerprint density at radius 2 is 1.04 bits per heavy atom. The normalized spacial score (nSPS) is 17.6. The molecule has 2 heterocycles. The molecule has 105 heavy (non-hydrogen) atoms. The van der Waals surface area contributed by atoms with Crippen molar-refractivity contribution in [3.8, 4) is 0 Å². The smallest absolute Gasteiger partial charge is 0.326 e. The molecule has 1 aromatic carbocycles. The summed E-state index contributed by atoms with van der Waals surface area (Å²) in [5, 5.41) is 112. The van der Waals surface area contributed by atoms with E-state index in [2.05, 4.69) is 47.9 Å². The first-order valence-electron chi connectivity index (χ1n) is 33.5. The van der Waals surface area contributed by atoms with Crippen LogP contribution in [-0.2, 0) is 87.9 Å². The molecular formula is C62H97N19O24. The Morgan fingerprint density at radius 3 is 1.60 bits per heavy atom. The van der Waals surface area contributed by atoms with E-state index in [4.69, 9.17) is 16.9 Å². The Kier molecular flexibility index (Phi) is 37.6. The quantitative estimate of drug-likeness (QED) is 0.0164. The van der Waals surface area contributed by atoms with E-state index in [-0.39, 0.29) is 51.2 Å². The highest BCUT2D eigenvalue weighted by atomic mass is 16.4. The highest BCUT2D eigenvalue weighted by Crippen LogP contribution is 2.18. The van der Waals surface area contributed by atoms with Crippen LogP contribution < -0.4 is 91.2 Å². The van der Waals surface area contributed by atoms with Crippen LogP contribution in [-0.4, -0.2) is 291 Å². The lowest BCUT2D eigenvalue weighted by atomic mass is 9.96. The molecule has 0 spiro atoms. The van der Waals surface area contributed by atoms with Gasteiger partial charge in [-0.3, -0.25) is 82.1 Å². The summed E-state index contributed by atoms with van der Waals surface area (Å²) in [5.74, 6) is -20.4. The van der Waals surface area contributed by atoms with Gasteiger partial charge in [0.15, 0.2) is 5.96 Å². The zero-order valence-electron chi connectivity index (χ0n) is 58.2. The summed E-state index contributed by atoms with van der Waals surface area (Å²) in [5.41, 5.74) is 10.9. The van der Waals surface area contributed by atoms with Gasteiger partial charge in [0.2, 0.25) is 88.6 Å². The number of nitrogens with zero attached hydrogens (tertiary/aromatic N) is 1. The average Bonchev–Trinajstić information content (AvgIpc) is 1.77. The highest BCUT2D eigenvalue weighted by molar-refractivity contribution is 6.00. The molecule has 27 N–H and O–H groups in total. The van der Waals surface area contributed by atoms with Gasteiger partial charge in [0.25, 0.3) is 0 Å². The molecule has 1 aromatic rings. The Hall–Kier alpha value is -10.8. The number of primary amides is 1. The Labute approximate surface area is 601 Å². The third kappa shape index (κ3) is 30.2. The Balaban J connectivity index is 1.64. The number of carboxylic acids is 2. The van der Waals surface area contributed by atoms with Gasteiger partial charge < -0.3 is 132 Å². The number of carbonyl (C=O) groups is 17. The Morgan fingerprint density at radius 1 is 0.533 bits per heavy atom. The monoisotopic (exact) mass is 1490 g/mol. The van der Waals surface area contributed by atoms with E-state index in [0.29, 0.717) is 24.9 Å². The van der Waals surface area contributed by atoms with E-state index < -0.39 is 243 Å². The molecule has 15 atom stereocenters. The number of benzene rings is 1. The van der Waals surface area contributed by atoms with Crippen molar-refractivity contribution in [3.05, 3.63) is 35.9 Å². The van der Waals surface area contributed by atoms with E-state index in [1.807, 2.05) is 31.9 Å². The number of aliphatic carboxylic acids is 2. The molecule has 0 bridgehead atoms. The first-order chi connectivity index (χ1) is 49.5. The molecular weight excluding hydrogens is 1390 g/mol. The average molecular weight is 1490 g/mol. The molecule has 2 aliphatic rings. The number of aliphatic hydroxyl groups excluding tert-OH is 5. The van der Waals surface area contributed by atoms with Crippen molar-refractivity contribution in [2.75, 3.05) is 59.1 Å². The number of hydrogen-bond acceptors (Lipinski definition) is 24. The number of likely N-dealkylation sites (tertiary alicyclic amines) is 1. The van der Waals surface area contributed by atoms with E-state index in [1.54, 1.807) is 44.2 Å². The molecule has 0 aromatic heterocycles. The number of aliphatic hydroxyl groups is 5. The standard InChI is InChI=1S/C62H97N19O24/c1-5-29(2)47(78-52(95)34(15-10-18-67-62(64)65)72-51(94)33-14-9-17-66-33)59(102)80-49(31(4)86)60(103)74-35(20-32-12-7-6-8-13-32)50(93)69-23-43(88)68-25-45(90)81-19-11-16-41(81)57(100)77-39(27-83)55(98)73-36(22-46(91)92)53(96)76-40(28-84)56(99)79-48(30(3)85)58(101)70-24-44(89)71-38(26-82)54(97)75-37(61(104)105)21-42(63)87/h6-8,12-13,29-31,33-41,47-49,66,82-86H,5,9-11,14-28H2,1-4H3,(H2,63,87)(H,68,88)(H,69,93)(H,70,101)(H,71,89)(H,72,94)(H,73,98)(H,74,103)(H,75,97)(H,76,96)(H,77,100)(H,78,95)(H,79,99)(H,80,102)(H,91,92)(H,104,105)(H4,64,65,67)/t29-,30+,31+,33-,34-,35-,36-,37-,38-,39-,40-,41-,47-,48-,49-/m0/s1. The Bertz CT molecular complexity index is 3250. The van der Waals surface area contributed by atoms with Crippen molar-refractivity contribution in [2.45, 2.75) is 177 Å². The maximum atomic E-state index is 14.1. The first-order valence-corrected chi connectivity index (χ1v) is 33.5. The minimum atomic E-state index is -2.13. The summed E-state index contributed by atoms with van der Waals surface area (Å²) in [6, 6.07) is -11.2. The molecule has 2 saturated heterocycles. The second-order valence-corrected chi connectivity index (χ2v) is 24.7. The van der Waals surface area contributed by atoms with Crippen LogP contribution in [0.4, 0.5) is 0 Å². The van der Waals surface area contributed by atoms with Gasteiger partial charge in [-0.1, -0.05) is 50.6 Å². The number of amides is 15. The van der Waals surface area contributed by atoms with Crippen molar-refractivity contribution in [3.63, 3.8) is 0 Å². The number of carboxylic acid groups (broad SMARTS) is 2. The summed E-state index contributed by atoms with van der Waals surface area (Å²) in [6.45, 7) is 0.109. The summed E-state index contributed by atoms with van der Waals surface area (Å²) < 4.78 is 0. The van der Waals surface area contributed by atoms with E-state index in [0.717, 1.165) is 18.2 Å². The summed E-state index contributed by atoms with van der Waals surface area (Å²) in [6.07, 6.45) is -3.56. The highest BCUT2D eigenvalue weighted by Gasteiger charge is 2.40. The van der Waals surface area contributed by atoms with Crippen LogP contribution in [0.3, 0.4) is 0 Å². The molecule has 0 unspecified atom stereocenters. The van der Waals surface area contributed by atoms with Crippen molar-refractivity contribution in [1.29, 1.82) is 5.41 Å². The first kappa shape index (κ1) is 88.5. The van der Waals surface area contributed by atoms with E-state index in [1.165, 1.54) is 6.92 Å². The molecule has 2 fully saturated rings. The number of guanidine groups is 1. The topological polar surface area (TPSA) is 691 Å². The van der Waals surface area contributed by atoms with Gasteiger partial charge in [0, 0.05) is 19.5 Å². The van der Waals surface area contributed by atoms with Gasteiger partial charge in [-0.2, -0.15) is 0 Å². The molecule has 0 radical (unpaired) electrons. The molecule has 43 nitrogen and oxygen atoms in total. The van der Waals surface area contributed by atoms with Gasteiger partial charge in [0.1, 0.15) is 66.5 Å². The van der Waals surface area contributed by atoms with Crippen LogP contribution in [0.2, 0.25) is 0 Å². The number of nitrogens with two attached hydrogens (primary N) is 2. The van der Waals surface area contributed by atoms with Crippen LogP contribution in [0.1, 0.15) is 91.0 Å².